The second-order valence-electron chi connectivity index (χ2n) is 6.36. The van der Waals surface area contributed by atoms with E-state index in [4.69, 9.17) is 0 Å². The van der Waals surface area contributed by atoms with Gasteiger partial charge in [0.1, 0.15) is 0 Å². The molecule has 0 aliphatic carbocycles. The topological polar surface area (TPSA) is 15.3 Å². The van der Waals surface area contributed by atoms with E-state index in [0.29, 0.717) is 11.1 Å². The summed E-state index contributed by atoms with van der Waals surface area (Å²) < 4.78 is 1.22. The smallest absolute Gasteiger partial charge is 0.0335 e. The fourth-order valence-corrected chi connectivity index (χ4v) is 5.04. The predicted octanol–water partition coefficient (Wildman–Crippen LogP) is 5.03. The van der Waals surface area contributed by atoms with E-state index in [9.17, 15) is 0 Å². The Hall–Kier alpha value is 0.1000. The third-order valence-corrected chi connectivity index (χ3v) is 7.28. The third kappa shape index (κ3) is 3.54. The monoisotopic (exact) mass is 372 g/mol. The third-order valence-electron chi connectivity index (χ3n) is 5.60. The van der Waals surface area contributed by atoms with E-state index in [1.165, 1.54) is 35.0 Å². The van der Waals surface area contributed by atoms with Crippen molar-refractivity contribution in [3.05, 3.63) is 20.8 Å². The Morgan fingerprint density at radius 1 is 1.19 bits per heavy atom. The van der Waals surface area contributed by atoms with Crippen molar-refractivity contribution >= 4 is 27.3 Å². The summed E-state index contributed by atoms with van der Waals surface area (Å²) in [6, 6.07) is 2.28. The van der Waals surface area contributed by atoms with Crippen molar-refractivity contribution in [2.75, 3.05) is 13.1 Å². The highest BCUT2D eigenvalue weighted by Gasteiger charge is 2.44. The van der Waals surface area contributed by atoms with Crippen LogP contribution in [0.2, 0.25) is 0 Å². The molecule has 0 aromatic carbocycles. The van der Waals surface area contributed by atoms with E-state index in [1.807, 2.05) is 11.3 Å². The fourth-order valence-electron chi connectivity index (χ4n) is 3.57. The van der Waals surface area contributed by atoms with Crippen LogP contribution in [0, 0.1) is 0 Å². The molecule has 120 valence electrons. The molecule has 0 atom stereocenters. The van der Waals surface area contributed by atoms with Crippen LogP contribution >= 0.6 is 27.3 Å². The molecule has 1 saturated heterocycles. The maximum atomic E-state index is 3.90. The molecule has 2 heterocycles. The number of nitrogens with zero attached hydrogens (tertiary/aromatic N) is 1. The van der Waals surface area contributed by atoms with Gasteiger partial charge in [-0.3, -0.25) is 4.90 Å². The summed E-state index contributed by atoms with van der Waals surface area (Å²) in [6.07, 6.45) is 4.84. The molecule has 2 nitrogen and oxygen atoms in total. The van der Waals surface area contributed by atoms with Crippen molar-refractivity contribution in [2.45, 2.75) is 71.0 Å². The molecule has 0 unspecified atom stereocenters. The standard InChI is InChI=1S/C17H29BrN2S/c1-5-16(6-2)13-20(10-15-9-14(18)11-21-15)17(7-3,8-4)12-19-16/h9,11,19H,5-8,10,12-13H2,1-4H3. The van der Waals surface area contributed by atoms with E-state index >= 15 is 0 Å². The summed E-state index contributed by atoms with van der Waals surface area (Å²) >= 11 is 5.46. The molecule has 4 heteroatoms. The van der Waals surface area contributed by atoms with Crippen LogP contribution in [0.1, 0.15) is 58.3 Å². The average Bonchev–Trinajstić information content (AvgIpc) is 2.92. The first-order valence-corrected chi connectivity index (χ1v) is 9.93. The zero-order valence-corrected chi connectivity index (χ0v) is 16.2. The number of thiophene rings is 1. The molecule has 1 N–H and O–H groups in total. The highest BCUT2D eigenvalue weighted by Crippen LogP contribution is 2.35. The van der Waals surface area contributed by atoms with E-state index in [2.05, 4.69) is 65.3 Å². The molecule has 2 rings (SSSR count). The molecular weight excluding hydrogens is 344 g/mol. The van der Waals surface area contributed by atoms with Crippen molar-refractivity contribution in [1.82, 2.24) is 10.2 Å². The highest BCUT2D eigenvalue weighted by molar-refractivity contribution is 9.10. The summed E-state index contributed by atoms with van der Waals surface area (Å²) in [5.41, 5.74) is 0.604. The molecule has 0 saturated carbocycles. The lowest BCUT2D eigenvalue weighted by atomic mass is 9.80. The van der Waals surface area contributed by atoms with Gasteiger partial charge in [-0.25, -0.2) is 0 Å². The molecular formula is C17H29BrN2S. The molecule has 1 aliphatic heterocycles. The first-order valence-electron chi connectivity index (χ1n) is 8.26. The van der Waals surface area contributed by atoms with Gasteiger partial charge in [0.2, 0.25) is 0 Å². The molecule has 0 spiro atoms. The van der Waals surface area contributed by atoms with Crippen LogP contribution in [0.4, 0.5) is 0 Å². The Bertz CT molecular complexity index is 449. The summed E-state index contributed by atoms with van der Waals surface area (Å²) in [6.45, 7) is 12.7. The summed E-state index contributed by atoms with van der Waals surface area (Å²) in [5, 5.41) is 6.10. The summed E-state index contributed by atoms with van der Waals surface area (Å²) in [5.74, 6) is 0. The molecule has 0 radical (unpaired) electrons. The minimum absolute atomic E-state index is 0.294. The van der Waals surface area contributed by atoms with Gasteiger partial charge < -0.3 is 5.32 Å². The lowest BCUT2D eigenvalue weighted by molar-refractivity contribution is -0.0104. The highest BCUT2D eigenvalue weighted by atomic mass is 79.9. The van der Waals surface area contributed by atoms with Gasteiger partial charge in [-0.1, -0.05) is 27.7 Å². The van der Waals surface area contributed by atoms with Crippen molar-refractivity contribution in [1.29, 1.82) is 0 Å². The predicted molar refractivity (Wildman–Crippen MR) is 97.1 cm³/mol. The number of hydrogen-bond donors (Lipinski definition) is 1. The Morgan fingerprint density at radius 3 is 2.33 bits per heavy atom. The minimum atomic E-state index is 0.294. The largest absolute Gasteiger partial charge is 0.308 e. The first kappa shape index (κ1) is 17.5. The van der Waals surface area contributed by atoms with Gasteiger partial charge in [-0.2, -0.15) is 0 Å². The number of piperazine rings is 1. The van der Waals surface area contributed by atoms with E-state index in [0.717, 1.165) is 19.6 Å². The second kappa shape index (κ2) is 7.12. The molecule has 21 heavy (non-hydrogen) atoms. The zero-order valence-electron chi connectivity index (χ0n) is 13.8. The molecule has 1 aromatic rings. The van der Waals surface area contributed by atoms with Crippen LogP contribution < -0.4 is 5.32 Å². The van der Waals surface area contributed by atoms with Crippen molar-refractivity contribution in [3.8, 4) is 0 Å². The minimum Gasteiger partial charge on any atom is -0.308 e. The van der Waals surface area contributed by atoms with Gasteiger partial charge in [0, 0.05) is 45.4 Å². The molecule has 1 aromatic heterocycles. The second-order valence-corrected chi connectivity index (χ2v) is 8.27. The lowest BCUT2D eigenvalue weighted by Gasteiger charge is -2.54. The van der Waals surface area contributed by atoms with Crippen molar-refractivity contribution in [3.63, 3.8) is 0 Å². The maximum Gasteiger partial charge on any atom is 0.0335 e. The van der Waals surface area contributed by atoms with Gasteiger partial charge in [0.05, 0.1) is 0 Å². The SMILES string of the molecule is CCC1(CC)CN(Cc2cc(Br)cs2)C(CC)(CC)CN1. The first-order chi connectivity index (χ1) is 10.0. The number of hydrogen-bond acceptors (Lipinski definition) is 3. The maximum absolute atomic E-state index is 3.90. The quantitative estimate of drug-likeness (QED) is 0.752. The molecule has 1 fully saturated rings. The van der Waals surface area contributed by atoms with Crippen molar-refractivity contribution in [2.24, 2.45) is 0 Å². The average molecular weight is 373 g/mol. The number of halogens is 1. The molecule has 0 bridgehead atoms. The molecule has 0 amide bonds. The normalized spacial score (nSPS) is 21.6. The van der Waals surface area contributed by atoms with Crippen LogP contribution in [0.3, 0.4) is 0 Å². The van der Waals surface area contributed by atoms with Crippen LogP contribution in [-0.4, -0.2) is 29.1 Å². The fraction of sp³-hybridized carbons (Fsp3) is 0.765. The van der Waals surface area contributed by atoms with E-state index in [1.54, 1.807) is 0 Å². The Balaban J connectivity index is 2.24. The number of rotatable bonds is 6. The summed E-state index contributed by atoms with van der Waals surface area (Å²) in [4.78, 5) is 4.23. The Kier molecular flexibility index (Phi) is 5.91. The summed E-state index contributed by atoms with van der Waals surface area (Å²) in [7, 11) is 0. The van der Waals surface area contributed by atoms with Gasteiger partial charge in [-0.15, -0.1) is 11.3 Å². The Labute approximate surface area is 142 Å². The van der Waals surface area contributed by atoms with E-state index < -0.39 is 0 Å². The van der Waals surface area contributed by atoms with Crippen LogP contribution in [-0.2, 0) is 6.54 Å². The van der Waals surface area contributed by atoms with Crippen molar-refractivity contribution < 1.29 is 0 Å². The van der Waals surface area contributed by atoms with Gasteiger partial charge >= 0.3 is 0 Å². The van der Waals surface area contributed by atoms with Crippen LogP contribution in [0.25, 0.3) is 0 Å². The molecule has 1 aliphatic rings. The van der Waals surface area contributed by atoms with E-state index in [-0.39, 0.29) is 0 Å². The van der Waals surface area contributed by atoms with Gasteiger partial charge in [0.25, 0.3) is 0 Å². The van der Waals surface area contributed by atoms with Crippen LogP contribution in [0.5, 0.6) is 0 Å². The van der Waals surface area contributed by atoms with Gasteiger partial charge in [-0.05, 0) is 47.7 Å². The Morgan fingerprint density at radius 2 is 1.86 bits per heavy atom. The van der Waals surface area contributed by atoms with Crippen LogP contribution in [0.15, 0.2) is 15.9 Å². The lowest BCUT2D eigenvalue weighted by Crippen LogP contribution is -2.69. The van der Waals surface area contributed by atoms with Gasteiger partial charge in [0.15, 0.2) is 0 Å². The zero-order chi connectivity index (χ0) is 15.5. The number of nitrogens with one attached hydrogen (secondary N) is 1.